The average molecular weight is 453 g/mol. The molecule has 0 saturated heterocycles. The number of carbonyl (C=O) groups excluding carboxylic acids is 3. The van der Waals surface area contributed by atoms with Crippen LogP contribution in [0.1, 0.15) is 79.1 Å². The SMILES string of the molecule is CC(=O)O[C@H]1CC[C@@]2(C)[C@@H](CC[C@H]3[C@@H]4CC[C@H](C(=O)CO)[C@@]4(C)C[C@@H](OC(C)=O)[C@@]32F)C1. The molecule has 6 nitrogen and oxygen atoms in total. The number of fused-ring (bicyclic) bond motifs is 5. The third-order valence-electron chi connectivity index (χ3n) is 9.85. The van der Waals surface area contributed by atoms with Crippen LogP contribution in [0.15, 0.2) is 0 Å². The Balaban J connectivity index is 1.72. The van der Waals surface area contributed by atoms with Crippen LogP contribution < -0.4 is 0 Å². The lowest BCUT2D eigenvalue weighted by Gasteiger charge is -2.65. The fourth-order valence-corrected chi connectivity index (χ4v) is 8.49. The number of ether oxygens (including phenoxy) is 2. The summed E-state index contributed by atoms with van der Waals surface area (Å²) in [6.45, 7) is 6.25. The maximum atomic E-state index is 17.7. The summed E-state index contributed by atoms with van der Waals surface area (Å²) in [6.07, 6.45) is 3.91. The van der Waals surface area contributed by atoms with Gasteiger partial charge in [-0.25, -0.2) is 4.39 Å². The second-order valence-corrected chi connectivity index (χ2v) is 11.2. The summed E-state index contributed by atoms with van der Waals surface area (Å²) in [5.74, 6) is -1.57. The molecule has 0 heterocycles. The molecule has 0 aromatic heterocycles. The van der Waals surface area contributed by atoms with E-state index in [2.05, 4.69) is 0 Å². The number of aliphatic hydroxyl groups excluding tert-OH is 1. The molecule has 0 aromatic carbocycles. The molecule has 0 bridgehead atoms. The summed E-state index contributed by atoms with van der Waals surface area (Å²) in [6, 6.07) is 0. The zero-order valence-corrected chi connectivity index (χ0v) is 19.7. The zero-order chi connectivity index (χ0) is 23.5. The van der Waals surface area contributed by atoms with Crippen LogP contribution in [-0.4, -0.2) is 47.3 Å². The van der Waals surface area contributed by atoms with E-state index in [-0.39, 0.29) is 41.5 Å². The van der Waals surface area contributed by atoms with Gasteiger partial charge in [-0.2, -0.15) is 0 Å². The van der Waals surface area contributed by atoms with E-state index in [1.165, 1.54) is 13.8 Å². The van der Waals surface area contributed by atoms with Crippen molar-refractivity contribution in [3.63, 3.8) is 0 Å². The standard InChI is InChI=1S/C25H37FO6/c1-14(28)31-17-9-10-24(4)16(11-17)5-6-19-18-7-8-20(21(30)13-27)23(18,3)12-22(25(19,24)26)32-15(2)29/h16-20,22,27H,5-13H2,1-4H3/t16-,17-,18-,19-,20+,22+,23-,24-,25-/m0/s1. The van der Waals surface area contributed by atoms with Crippen molar-refractivity contribution >= 4 is 17.7 Å². The predicted octanol–water partition coefficient (Wildman–Crippen LogP) is 3.77. The summed E-state index contributed by atoms with van der Waals surface area (Å²) in [4.78, 5) is 36.1. The highest BCUT2D eigenvalue weighted by molar-refractivity contribution is 5.83. The number of aliphatic hydroxyl groups is 1. The molecular weight excluding hydrogens is 415 g/mol. The summed E-state index contributed by atoms with van der Waals surface area (Å²) in [5.41, 5.74) is -2.87. The van der Waals surface area contributed by atoms with Crippen molar-refractivity contribution in [2.75, 3.05) is 6.61 Å². The maximum Gasteiger partial charge on any atom is 0.303 e. The first-order valence-corrected chi connectivity index (χ1v) is 12.1. The minimum absolute atomic E-state index is 0.0174. The lowest BCUT2D eigenvalue weighted by Crippen LogP contribution is -2.70. The van der Waals surface area contributed by atoms with Gasteiger partial charge >= 0.3 is 11.9 Å². The van der Waals surface area contributed by atoms with Gasteiger partial charge in [0.25, 0.3) is 0 Å². The third-order valence-corrected chi connectivity index (χ3v) is 9.85. The predicted molar refractivity (Wildman–Crippen MR) is 114 cm³/mol. The quantitative estimate of drug-likeness (QED) is 0.653. The Bertz CT molecular complexity index is 799. The van der Waals surface area contributed by atoms with Gasteiger partial charge in [-0.15, -0.1) is 0 Å². The molecular formula is C25H37FO6. The largest absolute Gasteiger partial charge is 0.463 e. The van der Waals surface area contributed by atoms with Gasteiger partial charge in [0.15, 0.2) is 11.5 Å². The van der Waals surface area contributed by atoms with Gasteiger partial charge in [-0.1, -0.05) is 13.8 Å². The number of hydrogen-bond donors (Lipinski definition) is 1. The van der Waals surface area contributed by atoms with Crippen LogP contribution in [0.25, 0.3) is 0 Å². The van der Waals surface area contributed by atoms with E-state index in [4.69, 9.17) is 9.47 Å². The Kier molecular flexibility index (Phi) is 5.96. The van der Waals surface area contributed by atoms with Gasteiger partial charge in [0.1, 0.15) is 18.8 Å². The fraction of sp³-hybridized carbons (Fsp3) is 0.880. The van der Waals surface area contributed by atoms with Gasteiger partial charge in [0, 0.05) is 31.1 Å². The van der Waals surface area contributed by atoms with Crippen molar-refractivity contribution < 1.29 is 33.4 Å². The summed E-state index contributed by atoms with van der Waals surface area (Å²) < 4.78 is 28.9. The van der Waals surface area contributed by atoms with Crippen molar-refractivity contribution in [2.24, 2.45) is 34.5 Å². The van der Waals surface area contributed by atoms with Crippen molar-refractivity contribution in [3.05, 3.63) is 0 Å². The highest BCUT2D eigenvalue weighted by Crippen LogP contribution is 2.71. The first-order chi connectivity index (χ1) is 15.0. The van der Waals surface area contributed by atoms with Crippen LogP contribution in [0.4, 0.5) is 4.39 Å². The molecule has 4 rings (SSSR count). The molecule has 9 atom stereocenters. The molecule has 4 saturated carbocycles. The molecule has 1 N–H and O–H groups in total. The number of esters is 2. The molecule has 4 fully saturated rings. The number of Topliss-reactive ketones (excluding diaryl/α,β-unsaturated/α-hetero) is 1. The summed E-state index contributed by atoms with van der Waals surface area (Å²) in [7, 11) is 0. The molecule has 32 heavy (non-hydrogen) atoms. The van der Waals surface area contributed by atoms with Crippen LogP contribution in [0.2, 0.25) is 0 Å². The Morgan fingerprint density at radius 3 is 2.25 bits per heavy atom. The molecule has 0 aromatic rings. The monoisotopic (exact) mass is 452 g/mol. The minimum Gasteiger partial charge on any atom is -0.463 e. The highest BCUT2D eigenvalue weighted by atomic mass is 19.1. The molecule has 0 spiro atoms. The Morgan fingerprint density at radius 2 is 1.62 bits per heavy atom. The lowest BCUT2D eigenvalue weighted by atomic mass is 9.42. The van der Waals surface area contributed by atoms with E-state index in [0.29, 0.717) is 38.5 Å². The van der Waals surface area contributed by atoms with E-state index in [1.54, 1.807) is 0 Å². The highest BCUT2D eigenvalue weighted by Gasteiger charge is 2.73. The third kappa shape index (κ3) is 3.33. The van der Waals surface area contributed by atoms with Crippen LogP contribution in [0.5, 0.6) is 0 Å². The first kappa shape index (κ1) is 23.7. The lowest BCUT2D eigenvalue weighted by molar-refractivity contribution is -0.256. The van der Waals surface area contributed by atoms with E-state index < -0.39 is 35.2 Å². The summed E-state index contributed by atoms with van der Waals surface area (Å²) >= 11 is 0. The molecule has 0 unspecified atom stereocenters. The Morgan fingerprint density at radius 1 is 0.969 bits per heavy atom. The van der Waals surface area contributed by atoms with Crippen LogP contribution in [0.3, 0.4) is 0 Å². The van der Waals surface area contributed by atoms with Crippen LogP contribution in [0, 0.1) is 34.5 Å². The van der Waals surface area contributed by atoms with Crippen LogP contribution >= 0.6 is 0 Å². The van der Waals surface area contributed by atoms with Gasteiger partial charge in [-0.05, 0) is 68.6 Å². The second-order valence-electron chi connectivity index (χ2n) is 11.2. The van der Waals surface area contributed by atoms with Crippen molar-refractivity contribution in [2.45, 2.75) is 96.9 Å². The second kappa shape index (κ2) is 8.07. The molecule has 7 heteroatoms. The van der Waals surface area contributed by atoms with Crippen molar-refractivity contribution in [1.29, 1.82) is 0 Å². The smallest absolute Gasteiger partial charge is 0.303 e. The van der Waals surface area contributed by atoms with Gasteiger partial charge < -0.3 is 14.6 Å². The topological polar surface area (TPSA) is 89.9 Å². The molecule has 0 amide bonds. The fourth-order valence-electron chi connectivity index (χ4n) is 8.49. The Hall–Kier alpha value is -1.50. The van der Waals surface area contributed by atoms with Gasteiger partial charge in [0.05, 0.1) is 0 Å². The number of carbonyl (C=O) groups is 3. The van der Waals surface area contributed by atoms with E-state index >= 15 is 4.39 Å². The maximum absolute atomic E-state index is 17.7. The number of hydrogen-bond acceptors (Lipinski definition) is 6. The van der Waals surface area contributed by atoms with Crippen LogP contribution in [-0.2, 0) is 23.9 Å². The molecule has 0 aliphatic heterocycles. The number of ketones is 1. The molecule has 4 aliphatic rings. The first-order valence-electron chi connectivity index (χ1n) is 12.1. The minimum atomic E-state index is -1.69. The van der Waals surface area contributed by atoms with E-state index in [0.717, 1.165) is 12.8 Å². The molecule has 180 valence electrons. The van der Waals surface area contributed by atoms with Gasteiger partial charge in [-0.3, -0.25) is 14.4 Å². The van der Waals surface area contributed by atoms with Gasteiger partial charge in [0.2, 0.25) is 0 Å². The number of halogens is 1. The Labute approximate surface area is 189 Å². The molecule has 0 radical (unpaired) electrons. The average Bonchev–Trinajstić information content (AvgIpc) is 3.04. The van der Waals surface area contributed by atoms with E-state index in [9.17, 15) is 19.5 Å². The van der Waals surface area contributed by atoms with E-state index in [1.807, 2.05) is 13.8 Å². The van der Waals surface area contributed by atoms with Crippen molar-refractivity contribution in [1.82, 2.24) is 0 Å². The molecule has 4 aliphatic carbocycles. The van der Waals surface area contributed by atoms with Crippen molar-refractivity contribution in [3.8, 4) is 0 Å². The number of rotatable bonds is 4. The zero-order valence-electron chi connectivity index (χ0n) is 19.7. The number of alkyl halides is 1. The normalized spacial score (nSPS) is 47.6. The summed E-state index contributed by atoms with van der Waals surface area (Å²) in [5, 5.41) is 9.53.